The molecule has 4 aromatic rings. The van der Waals surface area contributed by atoms with Crippen LogP contribution in [0.25, 0.3) is 22.3 Å². The van der Waals surface area contributed by atoms with E-state index in [4.69, 9.17) is 56.6 Å². The molecule has 4 heterocycles. The Morgan fingerprint density at radius 3 is 2.14 bits per heavy atom. The Bertz CT molecular complexity index is 2690. The number of anilines is 2. The Hall–Kier alpha value is -8.32. The number of phosphoric acid groups is 2. The van der Waals surface area contributed by atoms with Gasteiger partial charge in [-0.25, -0.2) is 34.4 Å². The van der Waals surface area contributed by atoms with Crippen LogP contribution in [-0.4, -0.2) is 122 Å². The molecule has 25 nitrogen and oxygen atoms in total. The van der Waals surface area contributed by atoms with Gasteiger partial charge < -0.3 is 60.6 Å². The van der Waals surface area contributed by atoms with Crippen LogP contribution < -0.4 is 38.0 Å². The van der Waals surface area contributed by atoms with Crippen molar-refractivity contribution in [1.29, 1.82) is 0 Å². The fraction of sp³-hybridized carbons (Fsp3) is 0.385. The smallest absolute Gasteiger partial charge is 0.457 e. The van der Waals surface area contributed by atoms with Crippen LogP contribution in [0.3, 0.4) is 0 Å². The number of phosphoric ester groups is 2. The second-order valence-corrected chi connectivity index (χ2v) is 20.0. The number of para-hydroxylation sites is 1. The van der Waals surface area contributed by atoms with E-state index in [0.29, 0.717) is 34.9 Å². The monoisotopic (exact) mass is 2120 g/mol. The van der Waals surface area contributed by atoms with Gasteiger partial charge in [-0.1, -0.05) is 46.7 Å². The molecule has 35 heteroatoms. The molecule has 3 unspecified atom stereocenters. The first kappa shape index (κ1) is 65.7. The summed E-state index contributed by atoms with van der Waals surface area (Å²) in [7, 11) is -2.65. The quantitative estimate of drug-likeness (QED) is 0.00734. The van der Waals surface area contributed by atoms with Gasteiger partial charge in [-0.3, -0.25) is 23.4 Å². The number of carbonyl (C=O) groups excluding carboxylic acids is 4. The number of rotatable bonds is 21. The zero-order valence-electron chi connectivity index (χ0n) is 38.5. The zero-order chi connectivity index (χ0) is 51.8. The normalized spacial score (nSPS) is 14.7. The van der Waals surface area contributed by atoms with Gasteiger partial charge in [-0.15, -0.1) is 4.99 Å². The van der Waals surface area contributed by atoms with E-state index in [9.17, 15) is 33.1 Å². The van der Waals surface area contributed by atoms with E-state index < -0.39 is 50.6 Å². The molecule has 2 aromatic heterocycles. The summed E-state index contributed by atoms with van der Waals surface area (Å²) in [5.41, 5.74) is 9.38. The Kier molecular flexibility index (Phi) is 26.0. The molecule has 432 valence electrons. The molecule has 0 saturated heterocycles. The minimum absolute atomic E-state index is 0. The number of nitrogens with two attached hydrogens (primary N) is 1. The van der Waals surface area contributed by atoms with Gasteiger partial charge in [0.25, 0.3) is 5.56 Å². The SMILES string of the molecule is CCC1(OC(=O)Cl)C(=O)OCc2c1cc1n(c2=O)Cc2cc3ccccc3nc2-1.CNc1cc(NOO)ccc1SSCC(NC)C(=O)NCCOP(=O)(O)O.NC(CS)C(=O)NCCOP(=O)(O)O.[Fm].[Fm].[Fm].[Fm]. The number of nitrogens with zero attached hydrogens (tertiary/aromatic N) is 2. The molecule has 2 aliphatic heterocycles. The van der Waals surface area contributed by atoms with Gasteiger partial charge in [0, 0.05) is 64.7 Å². The van der Waals surface area contributed by atoms with Crippen LogP contribution in [0.4, 0.5) is 16.2 Å². The molecule has 2 aromatic carbocycles. The standard InChI is InChI=1S/C21H15ClN2O5.C13H23N4O7PS2.C5H13N2O5PS.4Fm/c1-2-21(29-20(22)27)14-8-16-17-12(7-11-5-3-4-6-15(11)23-17)9-24(16)18(25)13(14)10-28-19(21)26;1-14-10-7-9(17-24-19)3-4-12(10)27-26-8-11(15-2)13(18)16-5-6-23-25(20,21)22;6-4(3-14)5(8)7-1-2-12-13(9,10)11;;;;/h3-8H,2,9-10H2,1H3;3-4,7,11,14-15,17,19H,5-6,8H2,1-2H3,(H,16,18)(H2,20,21,22);4,14H,1-3,6H2,(H,7,8)(H2,9,10,11);;;;. The molecular formula is C39H51ClFm4N8O17P2S3. The van der Waals surface area contributed by atoms with E-state index >= 15 is 0 Å². The van der Waals surface area contributed by atoms with Crippen molar-refractivity contribution in [2.45, 2.75) is 49.1 Å². The number of thiol groups is 1. The largest absolute Gasteiger partial charge is 0.469 e. The Morgan fingerprint density at radius 2 is 1.58 bits per heavy atom. The predicted molar refractivity (Wildman–Crippen MR) is 263 cm³/mol. The second-order valence-electron chi connectivity index (χ2n) is 14.5. The molecule has 12 N–H and O–H groups in total. The molecule has 0 saturated carbocycles. The summed E-state index contributed by atoms with van der Waals surface area (Å²) >= 11 is 9.25. The second kappa shape index (κ2) is 29.3. The number of aromatic nitrogens is 2. The number of likely N-dealkylation sites (N-methyl/N-ethyl adjacent to an activating group) is 1. The third-order valence-corrected chi connectivity index (χ3v) is 13.9. The van der Waals surface area contributed by atoms with E-state index in [0.717, 1.165) is 27.0 Å². The van der Waals surface area contributed by atoms with Crippen molar-refractivity contribution in [1.82, 2.24) is 25.5 Å². The summed E-state index contributed by atoms with van der Waals surface area (Å²) in [4.78, 5) is 104. The fourth-order valence-electron chi connectivity index (χ4n) is 6.60. The van der Waals surface area contributed by atoms with E-state index in [-0.39, 0.29) is 62.1 Å². The first-order valence-electron chi connectivity index (χ1n) is 20.5. The van der Waals surface area contributed by atoms with Crippen LogP contribution in [0.5, 0.6) is 0 Å². The van der Waals surface area contributed by atoms with Crippen LogP contribution in [0.1, 0.15) is 30.0 Å². The number of nitrogens with one attached hydrogen (secondary N) is 5. The van der Waals surface area contributed by atoms with E-state index in [1.54, 1.807) is 43.8 Å². The molecule has 74 heavy (non-hydrogen) atoms. The molecule has 0 spiro atoms. The molecule has 0 fully saturated rings. The van der Waals surface area contributed by atoms with Crippen LogP contribution in [0.2, 0.25) is 0 Å². The fourth-order valence-corrected chi connectivity index (χ4v) is 10.0. The van der Waals surface area contributed by atoms with Gasteiger partial charge >= 0.3 is 27.0 Å². The summed E-state index contributed by atoms with van der Waals surface area (Å²) in [5, 5.41) is 20.2. The molecule has 0 bridgehead atoms. The molecule has 3 atom stereocenters. The van der Waals surface area contributed by atoms with Crippen LogP contribution in [0, 0.1) is 0 Å². The molecule has 0 radical (unpaired) electrons. The van der Waals surface area contributed by atoms with Crippen molar-refractivity contribution in [3.63, 3.8) is 0 Å². The maximum Gasteiger partial charge on any atom is 0.469 e. The molecule has 6 rings (SSSR count). The van der Waals surface area contributed by atoms with Crippen molar-refractivity contribution >= 4 is 107 Å². The predicted octanol–water partition coefficient (Wildman–Crippen LogP) is 3.03. The maximum absolute atomic E-state index is 13.2. The van der Waals surface area contributed by atoms with Gasteiger partial charge in [0.05, 0.1) is 65.7 Å². The number of ether oxygens (including phenoxy) is 2. The zero-order valence-corrected chi connectivity index (χ0v) is 53.2. The third kappa shape index (κ3) is 17.5. The Labute approximate surface area is 417 Å². The number of benzene rings is 2. The summed E-state index contributed by atoms with van der Waals surface area (Å²) in [5.74, 6) is -0.821. The molecule has 2 aliphatic rings. The minimum Gasteiger partial charge on any atom is -0.457 e. The number of esters is 1. The van der Waals surface area contributed by atoms with Gasteiger partial charge in [0.15, 0.2) is 0 Å². The topological polar surface area (TPSA) is 371 Å². The van der Waals surface area contributed by atoms with E-state index in [2.05, 4.69) is 53.4 Å². The van der Waals surface area contributed by atoms with Crippen molar-refractivity contribution in [3.05, 3.63) is 81.6 Å². The van der Waals surface area contributed by atoms with E-state index in [1.807, 2.05) is 36.4 Å². The number of fused-ring (bicyclic) bond motifs is 5. The summed E-state index contributed by atoms with van der Waals surface area (Å²) < 4.78 is 41.1. The number of hydrogen-bond donors (Lipinski definition) is 12. The number of pyridine rings is 2. The number of hydrogen-bond acceptors (Lipinski definition) is 21. The number of amides is 2. The first-order chi connectivity index (χ1) is 33.1. The average molecular weight is 2130 g/mol. The third-order valence-electron chi connectivity index (χ3n) is 9.95. The molecular weight excluding hydrogens is 2070 g/mol. The van der Waals surface area contributed by atoms with Crippen molar-refractivity contribution < 1.29 is 76.6 Å². The van der Waals surface area contributed by atoms with Gasteiger partial charge in [0.2, 0.25) is 17.4 Å². The van der Waals surface area contributed by atoms with Crippen LogP contribution >= 0.6 is 61.5 Å². The summed E-state index contributed by atoms with van der Waals surface area (Å²) in [6.45, 7) is 1.29. The summed E-state index contributed by atoms with van der Waals surface area (Å²) in [6.07, 6.45) is 0.0815. The van der Waals surface area contributed by atoms with Gasteiger partial charge in [0.1, 0.15) is 6.61 Å². The molecule has 0 aliphatic carbocycles. The van der Waals surface area contributed by atoms with Gasteiger partial charge in [-0.2, -0.15) is 12.6 Å². The number of halogens is 1. The first-order valence-corrected chi connectivity index (χ1v) is 26.9. The van der Waals surface area contributed by atoms with Gasteiger partial charge in [-0.05, 0) is 49.9 Å². The van der Waals surface area contributed by atoms with Crippen molar-refractivity contribution in [3.8, 4) is 11.4 Å². The Balaban J connectivity index is 0.00000111. The van der Waals surface area contributed by atoms with Crippen LogP contribution in [-0.2, 0) is 65.8 Å². The maximum atomic E-state index is 13.2. The molecule has 2 amide bonds. The van der Waals surface area contributed by atoms with E-state index in [1.165, 1.54) is 21.6 Å². The number of carbonyl (C=O) groups is 4. The van der Waals surface area contributed by atoms with Crippen LogP contribution in [0.15, 0.2) is 64.3 Å². The van der Waals surface area contributed by atoms with Crippen molar-refractivity contribution in [2.24, 2.45) is 5.73 Å². The Morgan fingerprint density at radius 1 is 0.959 bits per heavy atom. The van der Waals surface area contributed by atoms with Crippen molar-refractivity contribution in [2.75, 3.05) is 62.7 Å². The minimum atomic E-state index is -4.53. The summed E-state index contributed by atoms with van der Waals surface area (Å²) in [6, 6.07) is 15.5. The number of cyclic esters (lactones) is 1. The average Bonchev–Trinajstić information content (AvgIpc) is 3.68.